The van der Waals surface area contributed by atoms with Crippen LogP contribution in [0.4, 0.5) is 4.39 Å². The molecule has 0 radical (unpaired) electrons. The van der Waals surface area contributed by atoms with Crippen LogP contribution in [-0.2, 0) is 0 Å². The maximum Gasteiger partial charge on any atom is 0.146 e. The fraction of sp³-hybridized carbons (Fsp3) is 0.500. The van der Waals surface area contributed by atoms with E-state index in [1.807, 2.05) is 0 Å². The van der Waals surface area contributed by atoms with Crippen molar-refractivity contribution in [3.63, 3.8) is 0 Å². The zero-order valence-electron chi connectivity index (χ0n) is 8.97. The minimum Gasteiger partial charge on any atom is -0.324 e. The Kier molecular flexibility index (Phi) is 5.06. The highest BCUT2D eigenvalue weighted by molar-refractivity contribution is 6.30. The summed E-state index contributed by atoms with van der Waals surface area (Å²) >= 11 is 5.69. The van der Waals surface area contributed by atoms with E-state index < -0.39 is 0 Å². The molecule has 0 aliphatic heterocycles. The van der Waals surface area contributed by atoms with E-state index in [2.05, 4.69) is 6.92 Å². The average molecular weight is 230 g/mol. The monoisotopic (exact) mass is 229 g/mol. The van der Waals surface area contributed by atoms with E-state index in [0.717, 1.165) is 25.7 Å². The molecule has 2 N–H and O–H groups in total. The van der Waals surface area contributed by atoms with Gasteiger partial charge in [-0.05, 0) is 12.5 Å². The zero-order valence-corrected chi connectivity index (χ0v) is 9.73. The predicted molar refractivity (Wildman–Crippen MR) is 62.5 cm³/mol. The quantitative estimate of drug-likeness (QED) is 0.758. The van der Waals surface area contributed by atoms with Gasteiger partial charge in [-0.25, -0.2) is 4.39 Å². The second-order valence-electron chi connectivity index (χ2n) is 3.75. The molecule has 0 spiro atoms. The number of nitrogens with two attached hydrogens (primary N) is 1. The lowest BCUT2D eigenvalue weighted by atomic mass is 10.0. The van der Waals surface area contributed by atoms with Crippen LogP contribution in [0.3, 0.4) is 0 Å². The number of halogens is 2. The molecule has 84 valence electrons. The molecule has 0 saturated carbocycles. The molecule has 1 rings (SSSR count). The van der Waals surface area contributed by atoms with Crippen molar-refractivity contribution >= 4 is 11.6 Å². The summed E-state index contributed by atoms with van der Waals surface area (Å²) in [6.07, 6.45) is 4.12. The van der Waals surface area contributed by atoms with Crippen LogP contribution in [0.1, 0.15) is 44.2 Å². The molecule has 0 aliphatic carbocycles. The van der Waals surface area contributed by atoms with Crippen molar-refractivity contribution in [2.45, 2.75) is 38.6 Å². The van der Waals surface area contributed by atoms with E-state index in [1.54, 1.807) is 18.2 Å². The molecule has 1 atom stereocenters. The molecule has 0 unspecified atom stereocenters. The van der Waals surface area contributed by atoms with Gasteiger partial charge in [0.05, 0.1) is 5.02 Å². The van der Waals surface area contributed by atoms with Gasteiger partial charge >= 0.3 is 0 Å². The van der Waals surface area contributed by atoms with Crippen LogP contribution in [0.5, 0.6) is 0 Å². The molecule has 0 aromatic heterocycles. The van der Waals surface area contributed by atoms with Crippen molar-refractivity contribution in [1.82, 2.24) is 0 Å². The molecule has 0 saturated heterocycles. The summed E-state index contributed by atoms with van der Waals surface area (Å²) < 4.78 is 13.5. The molecular formula is C12H17ClFN. The zero-order chi connectivity index (χ0) is 11.3. The first-order valence-corrected chi connectivity index (χ1v) is 5.74. The number of hydrogen-bond donors (Lipinski definition) is 1. The largest absolute Gasteiger partial charge is 0.324 e. The van der Waals surface area contributed by atoms with E-state index in [4.69, 9.17) is 17.3 Å². The van der Waals surface area contributed by atoms with Crippen molar-refractivity contribution in [2.24, 2.45) is 5.73 Å². The Labute approximate surface area is 95.4 Å². The molecular weight excluding hydrogens is 213 g/mol. The van der Waals surface area contributed by atoms with Crippen LogP contribution in [0, 0.1) is 5.82 Å². The van der Waals surface area contributed by atoms with E-state index >= 15 is 0 Å². The molecule has 3 heteroatoms. The summed E-state index contributed by atoms with van der Waals surface area (Å²) in [7, 11) is 0. The third kappa shape index (κ3) is 3.47. The van der Waals surface area contributed by atoms with Gasteiger partial charge < -0.3 is 5.73 Å². The lowest BCUT2D eigenvalue weighted by Crippen LogP contribution is -2.12. The molecule has 1 aromatic rings. The first-order valence-electron chi connectivity index (χ1n) is 5.36. The molecule has 0 aliphatic rings. The van der Waals surface area contributed by atoms with Crippen molar-refractivity contribution in [3.8, 4) is 0 Å². The Morgan fingerprint density at radius 2 is 2.13 bits per heavy atom. The van der Waals surface area contributed by atoms with Gasteiger partial charge in [-0.3, -0.25) is 0 Å². The maximum absolute atomic E-state index is 13.5. The van der Waals surface area contributed by atoms with Gasteiger partial charge in [0.2, 0.25) is 0 Å². The third-order valence-corrected chi connectivity index (χ3v) is 2.79. The highest BCUT2D eigenvalue weighted by Crippen LogP contribution is 2.25. The van der Waals surface area contributed by atoms with Crippen LogP contribution in [-0.4, -0.2) is 0 Å². The lowest BCUT2D eigenvalue weighted by Gasteiger charge is -2.13. The lowest BCUT2D eigenvalue weighted by molar-refractivity contribution is 0.539. The van der Waals surface area contributed by atoms with Crippen molar-refractivity contribution < 1.29 is 4.39 Å². The Hall–Kier alpha value is -0.600. The first-order chi connectivity index (χ1) is 7.16. The standard InChI is InChI=1S/C12H17ClFN/c1-2-3-4-8-11(15)9-6-5-7-10(13)12(9)14/h5-7,11H,2-4,8,15H2,1H3/t11-/m0/s1. The normalized spacial score (nSPS) is 12.8. The van der Waals surface area contributed by atoms with E-state index in [-0.39, 0.29) is 16.9 Å². The topological polar surface area (TPSA) is 26.0 Å². The maximum atomic E-state index is 13.5. The van der Waals surface area contributed by atoms with Crippen LogP contribution in [0.2, 0.25) is 5.02 Å². The van der Waals surface area contributed by atoms with Gasteiger partial charge in [-0.15, -0.1) is 0 Å². The SMILES string of the molecule is CCCCC[C@H](N)c1cccc(Cl)c1F. The van der Waals surface area contributed by atoms with Crippen molar-refractivity contribution in [2.75, 3.05) is 0 Å². The molecule has 1 aromatic carbocycles. The molecule has 0 fully saturated rings. The number of unbranched alkanes of at least 4 members (excludes halogenated alkanes) is 2. The summed E-state index contributed by atoms with van der Waals surface area (Å²) in [5.41, 5.74) is 6.43. The van der Waals surface area contributed by atoms with Gasteiger partial charge in [0.1, 0.15) is 5.82 Å². The fourth-order valence-corrected chi connectivity index (χ4v) is 1.76. The molecule has 0 amide bonds. The van der Waals surface area contributed by atoms with E-state index in [9.17, 15) is 4.39 Å². The highest BCUT2D eigenvalue weighted by atomic mass is 35.5. The van der Waals surface area contributed by atoms with E-state index in [1.165, 1.54) is 0 Å². The Bertz CT molecular complexity index is 314. The summed E-state index contributed by atoms with van der Waals surface area (Å²) in [6, 6.07) is 4.74. The number of hydrogen-bond acceptors (Lipinski definition) is 1. The Morgan fingerprint density at radius 1 is 1.40 bits per heavy atom. The molecule has 0 bridgehead atoms. The van der Waals surface area contributed by atoms with Crippen molar-refractivity contribution in [1.29, 1.82) is 0 Å². The Balaban J connectivity index is 2.65. The second-order valence-corrected chi connectivity index (χ2v) is 4.15. The minimum absolute atomic E-state index is 0.151. The smallest absolute Gasteiger partial charge is 0.146 e. The first kappa shape index (κ1) is 12.5. The number of benzene rings is 1. The van der Waals surface area contributed by atoms with Crippen LogP contribution >= 0.6 is 11.6 Å². The number of rotatable bonds is 5. The molecule has 1 nitrogen and oxygen atoms in total. The second kappa shape index (κ2) is 6.09. The fourth-order valence-electron chi connectivity index (χ4n) is 1.58. The summed E-state index contributed by atoms with van der Waals surface area (Å²) in [5, 5.41) is 0.151. The summed E-state index contributed by atoms with van der Waals surface area (Å²) in [4.78, 5) is 0. The third-order valence-electron chi connectivity index (χ3n) is 2.50. The Morgan fingerprint density at radius 3 is 2.80 bits per heavy atom. The van der Waals surface area contributed by atoms with Gasteiger partial charge in [0, 0.05) is 11.6 Å². The van der Waals surface area contributed by atoms with Gasteiger partial charge in [-0.2, -0.15) is 0 Å². The van der Waals surface area contributed by atoms with Crippen LogP contribution < -0.4 is 5.73 Å². The van der Waals surface area contributed by atoms with Gasteiger partial charge in [-0.1, -0.05) is 49.9 Å². The van der Waals surface area contributed by atoms with E-state index in [0.29, 0.717) is 5.56 Å². The average Bonchev–Trinajstić information content (AvgIpc) is 2.22. The van der Waals surface area contributed by atoms with Gasteiger partial charge in [0.25, 0.3) is 0 Å². The summed E-state index contributed by atoms with van der Waals surface area (Å²) in [5.74, 6) is -0.372. The summed E-state index contributed by atoms with van der Waals surface area (Å²) in [6.45, 7) is 2.13. The minimum atomic E-state index is -0.372. The predicted octanol–water partition coefficient (Wildman–Crippen LogP) is 4.06. The van der Waals surface area contributed by atoms with Gasteiger partial charge in [0.15, 0.2) is 0 Å². The van der Waals surface area contributed by atoms with Crippen LogP contribution in [0.15, 0.2) is 18.2 Å². The van der Waals surface area contributed by atoms with Crippen LogP contribution in [0.25, 0.3) is 0 Å². The molecule has 0 heterocycles. The molecule has 15 heavy (non-hydrogen) atoms. The van der Waals surface area contributed by atoms with Crippen molar-refractivity contribution in [3.05, 3.63) is 34.6 Å². The highest BCUT2D eigenvalue weighted by Gasteiger charge is 2.12.